The van der Waals surface area contributed by atoms with Gasteiger partial charge in [0.1, 0.15) is 4.88 Å². The van der Waals surface area contributed by atoms with E-state index in [1.807, 2.05) is 6.92 Å². The highest BCUT2D eigenvalue weighted by Gasteiger charge is 2.27. The molecule has 0 aromatic carbocycles. The smallest absolute Gasteiger partial charge is 0.265 e. The van der Waals surface area contributed by atoms with E-state index in [0.717, 1.165) is 23.5 Å². The highest BCUT2D eigenvalue weighted by atomic mass is 35.5. The number of halogens is 1. The van der Waals surface area contributed by atoms with E-state index in [1.165, 1.54) is 11.3 Å². The third-order valence-electron chi connectivity index (χ3n) is 2.36. The molecular formula is C9H11ClN2OS. The molecule has 0 N–H and O–H groups in total. The first-order valence-electron chi connectivity index (χ1n) is 4.52. The van der Waals surface area contributed by atoms with Gasteiger partial charge in [0.15, 0.2) is 0 Å². The van der Waals surface area contributed by atoms with Crippen molar-refractivity contribution in [2.45, 2.75) is 18.7 Å². The number of rotatable bonds is 1. The summed E-state index contributed by atoms with van der Waals surface area (Å²) in [5.41, 5.74) is 2.52. The summed E-state index contributed by atoms with van der Waals surface area (Å²) in [5, 5.41) is 0.118. The van der Waals surface area contributed by atoms with Crippen molar-refractivity contribution in [1.29, 1.82) is 0 Å². The lowest BCUT2D eigenvalue weighted by atomic mass is 10.3. The molecule has 1 atom stereocenters. The Morgan fingerprint density at radius 3 is 3.07 bits per heavy atom. The average molecular weight is 231 g/mol. The van der Waals surface area contributed by atoms with Crippen LogP contribution in [0.4, 0.5) is 0 Å². The molecule has 1 aromatic heterocycles. The standard InChI is InChI=1S/C9H11ClN2OS/c1-6-8(14-5-11-6)9(13)12-3-2-7(10)4-12/h5,7H,2-4H2,1H3. The minimum atomic E-state index is 0.0770. The Kier molecular flexibility index (Phi) is 2.74. The molecule has 0 saturated carbocycles. The van der Waals surface area contributed by atoms with Crippen molar-refractivity contribution in [1.82, 2.24) is 9.88 Å². The maximum atomic E-state index is 11.9. The molecule has 2 rings (SSSR count). The first-order chi connectivity index (χ1) is 6.68. The summed E-state index contributed by atoms with van der Waals surface area (Å²) in [6, 6.07) is 0. The van der Waals surface area contributed by atoms with Gasteiger partial charge in [0.25, 0.3) is 5.91 Å². The number of carbonyl (C=O) groups is 1. The molecule has 1 fully saturated rings. The summed E-state index contributed by atoms with van der Waals surface area (Å²) in [7, 11) is 0. The minimum Gasteiger partial charge on any atom is -0.336 e. The second-order valence-electron chi connectivity index (χ2n) is 3.40. The zero-order valence-corrected chi connectivity index (χ0v) is 9.44. The third kappa shape index (κ3) is 1.77. The molecule has 1 unspecified atom stereocenters. The van der Waals surface area contributed by atoms with Gasteiger partial charge >= 0.3 is 0 Å². The van der Waals surface area contributed by atoms with E-state index in [4.69, 9.17) is 11.6 Å². The molecule has 1 aromatic rings. The number of hydrogen-bond donors (Lipinski definition) is 0. The summed E-state index contributed by atoms with van der Waals surface area (Å²) in [5.74, 6) is 0.0770. The fraction of sp³-hybridized carbons (Fsp3) is 0.556. The van der Waals surface area contributed by atoms with Gasteiger partial charge in [0, 0.05) is 13.1 Å². The predicted molar refractivity (Wildman–Crippen MR) is 57.0 cm³/mol. The molecule has 0 spiro atoms. The Bertz CT molecular complexity index is 352. The second kappa shape index (κ2) is 3.87. The molecule has 2 heterocycles. The highest BCUT2D eigenvalue weighted by molar-refractivity contribution is 7.11. The van der Waals surface area contributed by atoms with Crippen molar-refractivity contribution in [2.24, 2.45) is 0 Å². The van der Waals surface area contributed by atoms with Crippen LogP contribution in [0, 0.1) is 6.92 Å². The maximum absolute atomic E-state index is 11.9. The Morgan fingerprint density at radius 1 is 1.79 bits per heavy atom. The number of likely N-dealkylation sites (tertiary alicyclic amines) is 1. The highest BCUT2D eigenvalue weighted by Crippen LogP contribution is 2.20. The lowest BCUT2D eigenvalue weighted by molar-refractivity contribution is 0.0797. The van der Waals surface area contributed by atoms with E-state index in [-0.39, 0.29) is 11.3 Å². The number of amides is 1. The number of thiazole rings is 1. The Labute approximate surface area is 91.7 Å². The minimum absolute atomic E-state index is 0.0770. The molecular weight excluding hydrogens is 220 g/mol. The summed E-state index contributed by atoms with van der Waals surface area (Å²) in [6.07, 6.45) is 0.894. The van der Waals surface area contributed by atoms with Gasteiger partial charge in [0.05, 0.1) is 16.6 Å². The van der Waals surface area contributed by atoms with E-state index >= 15 is 0 Å². The molecule has 76 valence electrons. The van der Waals surface area contributed by atoms with E-state index in [0.29, 0.717) is 6.54 Å². The van der Waals surface area contributed by atoms with E-state index < -0.39 is 0 Å². The summed E-state index contributed by atoms with van der Waals surface area (Å²) in [4.78, 5) is 18.5. The van der Waals surface area contributed by atoms with Gasteiger partial charge in [-0.1, -0.05) is 0 Å². The van der Waals surface area contributed by atoms with Crippen molar-refractivity contribution in [2.75, 3.05) is 13.1 Å². The zero-order chi connectivity index (χ0) is 10.1. The van der Waals surface area contributed by atoms with Crippen molar-refractivity contribution >= 4 is 28.8 Å². The van der Waals surface area contributed by atoms with Crippen LogP contribution in [-0.4, -0.2) is 34.3 Å². The largest absolute Gasteiger partial charge is 0.336 e. The van der Waals surface area contributed by atoms with Crippen LogP contribution in [0.2, 0.25) is 0 Å². The average Bonchev–Trinajstić information content (AvgIpc) is 2.73. The predicted octanol–water partition coefficient (Wildman–Crippen LogP) is 1.90. The SMILES string of the molecule is Cc1ncsc1C(=O)N1CCC(Cl)C1. The lowest BCUT2D eigenvalue weighted by Gasteiger charge is -2.14. The first kappa shape index (κ1) is 9.93. The van der Waals surface area contributed by atoms with Gasteiger partial charge in [-0.2, -0.15) is 0 Å². The molecule has 1 saturated heterocycles. The van der Waals surface area contributed by atoms with E-state index in [9.17, 15) is 4.79 Å². The summed E-state index contributed by atoms with van der Waals surface area (Å²) in [6.45, 7) is 3.29. The van der Waals surface area contributed by atoms with Gasteiger partial charge in [-0.25, -0.2) is 4.98 Å². The Balaban J connectivity index is 2.13. The van der Waals surface area contributed by atoms with Crippen LogP contribution in [0.1, 0.15) is 21.8 Å². The lowest BCUT2D eigenvalue weighted by Crippen LogP contribution is -2.28. The van der Waals surface area contributed by atoms with Crippen LogP contribution in [0.25, 0.3) is 0 Å². The van der Waals surface area contributed by atoms with Gasteiger partial charge in [-0.3, -0.25) is 4.79 Å². The number of aryl methyl sites for hydroxylation is 1. The molecule has 3 nitrogen and oxygen atoms in total. The van der Waals surface area contributed by atoms with Crippen LogP contribution in [0.3, 0.4) is 0 Å². The molecule has 1 amide bonds. The van der Waals surface area contributed by atoms with Crippen LogP contribution in [0.5, 0.6) is 0 Å². The summed E-state index contributed by atoms with van der Waals surface area (Å²) >= 11 is 7.35. The topological polar surface area (TPSA) is 33.2 Å². The molecule has 0 bridgehead atoms. The number of aromatic nitrogens is 1. The quantitative estimate of drug-likeness (QED) is 0.691. The number of carbonyl (C=O) groups excluding carboxylic acids is 1. The summed E-state index contributed by atoms with van der Waals surface area (Å²) < 4.78 is 0. The van der Waals surface area contributed by atoms with E-state index in [1.54, 1.807) is 10.4 Å². The molecule has 1 aliphatic rings. The van der Waals surface area contributed by atoms with Gasteiger partial charge < -0.3 is 4.90 Å². The molecule has 1 aliphatic heterocycles. The fourth-order valence-corrected chi connectivity index (χ4v) is 2.59. The Morgan fingerprint density at radius 2 is 2.57 bits per heavy atom. The monoisotopic (exact) mass is 230 g/mol. The molecule has 5 heteroatoms. The molecule has 14 heavy (non-hydrogen) atoms. The number of alkyl halides is 1. The van der Waals surface area contributed by atoms with Crippen molar-refractivity contribution in [3.05, 3.63) is 16.1 Å². The van der Waals surface area contributed by atoms with Crippen LogP contribution in [0.15, 0.2) is 5.51 Å². The maximum Gasteiger partial charge on any atom is 0.265 e. The van der Waals surface area contributed by atoms with Gasteiger partial charge in [0.2, 0.25) is 0 Å². The first-order valence-corrected chi connectivity index (χ1v) is 5.83. The third-order valence-corrected chi connectivity index (χ3v) is 3.63. The van der Waals surface area contributed by atoms with Crippen LogP contribution >= 0.6 is 22.9 Å². The van der Waals surface area contributed by atoms with Gasteiger partial charge in [-0.15, -0.1) is 22.9 Å². The number of hydrogen-bond acceptors (Lipinski definition) is 3. The zero-order valence-electron chi connectivity index (χ0n) is 7.86. The van der Waals surface area contributed by atoms with Crippen molar-refractivity contribution < 1.29 is 4.79 Å². The van der Waals surface area contributed by atoms with Gasteiger partial charge in [-0.05, 0) is 13.3 Å². The molecule has 0 aliphatic carbocycles. The fourth-order valence-electron chi connectivity index (χ4n) is 1.55. The van der Waals surface area contributed by atoms with Crippen LogP contribution in [-0.2, 0) is 0 Å². The van der Waals surface area contributed by atoms with E-state index in [2.05, 4.69) is 4.98 Å². The number of nitrogens with zero attached hydrogens (tertiary/aromatic N) is 2. The van der Waals surface area contributed by atoms with Crippen LogP contribution < -0.4 is 0 Å². The Hall–Kier alpha value is -0.610. The molecule has 0 radical (unpaired) electrons. The van der Waals surface area contributed by atoms with Crippen molar-refractivity contribution in [3.8, 4) is 0 Å². The van der Waals surface area contributed by atoms with Crippen molar-refractivity contribution in [3.63, 3.8) is 0 Å². The second-order valence-corrected chi connectivity index (χ2v) is 4.88. The normalized spacial score (nSPS) is 21.6.